The predicted octanol–water partition coefficient (Wildman–Crippen LogP) is 2.19. The zero-order chi connectivity index (χ0) is 15.3. The molecule has 5 nitrogen and oxygen atoms in total. The second-order valence-corrected chi connectivity index (χ2v) is 5.90. The zero-order valence-electron chi connectivity index (χ0n) is 11.6. The van der Waals surface area contributed by atoms with Gasteiger partial charge in [-0.25, -0.2) is 0 Å². The van der Waals surface area contributed by atoms with E-state index in [2.05, 4.69) is 10.3 Å². The largest absolute Gasteiger partial charge is 0.481 e. The van der Waals surface area contributed by atoms with Gasteiger partial charge < -0.3 is 10.4 Å². The second-order valence-electron chi connectivity index (χ2n) is 4.92. The number of rotatable bonds is 6. The highest BCUT2D eigenvalue weighted by molar-refractivity contribution is 7.09. The first-order chi connectivity index (χ1) is 10.0. The smallest absolute Gasteiger partial charge is 0.314 e. The molecule has 1 aromatic heterocycles. The number of aliphatic carboxylic acids is 1. The van der Waals surface area contributed by atoms with E-state index >= 15 is 0 Å². The number of nitrogens with one attached hydrogen (secondary N) is 1. The van der Waals surface area contributed by atoms with E-state index in [-0.39, 0.29) is 12.3 Å². The monoisotopic (exact) mass is 304 g/mol. The average Bonchev–Trinajstić information content (AvgIpc) is 2.99. The van der Waals surface area contributed by atoms with E-state index in [0.29, 0.717) is 12.1 Å². The number of benzene rings is 1. The van der Waals surface area contributed by atoms with Crippen LogP contribution in [-0.4, -0.2) is 22.0 Å². The van der Waals surface area contributed by atoms with Crippen molar-refractivity contribution in [3.8, 4) is 0 Å². The Morgan fingerprint density at radius 2 is 2.05 bits per heavy atom. The maximum Gasteiger partial charge on any atom is 0.314 e. The fourth-order valence-corrected chi connectivity index (χ4v) is 2.54. The van der Waals surface area contributed by atoms with Crippen molar-refractivity contribution in [1.29, 1.82) is 0 Å². The molecule has 6 heteroatoms. The molecule has 2 rings (SSSR count). The van der Waals surface area contributed by atoms with Crippen LogP contribution in [0.4, 0.5) is 0 Å². The van der Waals surface area contributed by atoms with E-state index in [1.807, 2.05) is 6.07 Å². The Morgan fingerprint density at radius 1 is 1.33 bits per heavy atom. The Labute approximate surface area is 126 Å². The third kappa shape index (κ3) is 3.66. The summed E-state index contributed by atoms with van der Waals surface area (Å²) in [5.74, 6) is -1.31. The van der Waals surface area contributed by atoms with Gasteiger partial charge in [-0.05, 0) is 12.5 Å². The highest BCUT2D eigenvalue weighted by Crippen LogP contribution is 2.28. The Hall–Kier alpha value is -2.21. The van der Waals surface area contributed by atoms with Crippen molar-refractivity contribution in [1.82, 2.24) is 10.3 Å². The van der Waals surface area contributed by atoms with Crippen LogP contribution < -0.4 is 5.32 Å². The quantitative estimate of drug-likeness (QED) is 0.857. The molecule has 2 N–H and O–H groups in total. The highest BCUT2D eigenvalue weighted by Gasteiger charge is 2.37. The van der Waals surface area contributed by atoms with Gasteiger partial charge in [0.25, 0.3) is 0 Å². The van der Waals surface area contributed by atoms with Crippen LogP contribution >= 0.6 is 11.3 Å². The molecule has 1 heterocycles. The lowest BCUT2D eigenvalue weighted by Crippen LogP contribution is -2.38. The van der Waals surface area contributed by atoms with Gasteiger partial charge in [-0.2, -0.15) is 0 Å². The van der Waals surface area contributed by atoms with Crippen LogP contribution in [0.3, 0.4) is 0 Å². The Morgan fingerprint density at radius 3 is 2.62 bits per heavy atom. The first-order valence-corrected chi connectivity index (χ1v) is 7.33. The molecule has 1 amide bonds. The normalized spacial score (nSPS) is 13.4. The fraction of sp³-hybridized carbons (Fsp3) is 0.267. The van der Waals surface area contributed by atoms with Crippen LogP contribution in [-0.2, 0) is 21.5 Å². The summed E-state index contributed by atoms with van der Waals surface area (Å²) in [4.78, 5) is 28.5. The standard InChI is InChI=1S/C15H16N2O3S/c1-15(14(19)20,11-5-3-2-4-6-11)7-13(18)17-9-12-8-16-10-21-12/h2-6,8,10H,7,9H2,1H3,(H,17,18)(H,19,20). The number of carbonyl (C=O) groups excluding carboxylic acids is 1. The molecule has 21 heavy (non-hydrogen) atoms. The SMILES string of the molecule is CC(CC(=O)NCc1cncs1)(C(=O)O)c1ccccc1. The molecule has 0 aliphatic carbocycles. The topological polar surface area (TPSA) is 79.3 Å². The van der Waals surface area contributed by atoms with Crippen LogP contribution in [0.1, 0.15) is 23.8 Å². The second kappa shape index (κ2) is 6.49. The summed E-state index contributed by atoms with van der Waals surface area (Å²) in [6.45, 7) is 1.94. The molecule has 2 aromatic rings. The average molecular weight is 304 g/mol. The number of hydrogen-bond donors (Lipinski definition) is 2. The molecule has 1 unspecified atom stereocenters. The number of carboxylic acids is 1. The minimum Gasteiger partial charge on any atom is -0.481 e. The van der Waals surface area contributed by atoms with Crippen molar-refractivity contribution in [2.24, 2.45) is 0 Å². The summed E-state index contributed by atoms with van der Waals surface area (Å²) in [7, 11) is 0. The number of carbonyl (C=O) groups is 2. The summed E-state index contributed by atoms with van der Waals surface area (Å²) in [6.07, 6.45) is 1.57. The van der Waals surface area contributed by atoms with E-state index in [9.17, 15) is 14.7 Å². The number of thiazole rings is 1. The van der Waals surface area contributed by atoms with Crippen LogP contribution in [0, 0.1) is 0 Å². The van der Waals surface area contributed by atoms with Crippen molar-refractivity contribution < 1.29 is 14.7 Å². The van der Waals surface area contributed by atoms with Crippen molar-refractivity contribution in [2.45, 2.75) is 25.3 Å². The first-order valence-electron chi connectivity index (χ1n) is 6.45. The van der Waals surface area contributed by atoms with Crippen LogP contribution in [0.2, 0.25) is 0 Å². The van der Waals surface area contributed by atoms with E-state index in [0.717, 1.165) is 4.88 Å². The molecule has 0 saturated heterocycles. The molecule has 0 aliphatic rings. The fourth-order valence-electron chi connectivity index (χ4n) is 2.01. The van der Waals surface area contributed by atoms with Gasteiger partial charge in [0.15, 0.2) is 0 Å². The van der Waals surface area contributed by atoms with Crippen LogP contribution in [0.15, 0.2) is 42.0 Å². The van der Waals surface area contributed by atoms with E-state index in [1.54, 1.807) is 42.9 Å². The molecule has 0 bridgehead atoms. The van der Waals surface area contributed by atoms with Crippen molar-refractivity contribution >= 4 is 23.2 Å². The molecule has 0 aliphatic heterocycles. The van der Waals surface area contributed by atoms with Crippen LogP contribution in [0.25, 0.3) is 0 Å². The molecule has 110 valence electrons. The maximum atomic E-state index is 12.0. The van der Waals surface area contributed by atoms with Crippen LogP contribution in [0.5, 0.6) is 0 Å². The third-order valence-corrected chi connectivity index (χ3v) is 4.12. The zero-order valence-corrected chi connectivity index (χ0v) is 12.4. The van der Waals surface area contributed by atoms with Gasteiger partial charge in [-0.15, -0.1) is 11.3 Å². The molecule has 1 atom stereocenters. The Kier molecular flexibility index (Phi) is 4.70. The molecule has 0 saturated carbocycles. The molecular formula is C15H16N2O3S. The third-order valence-electron chi connectivity index (χ3n) is 3.34. The van der Waals surface area contributed by atoms with E-state index < -0.39 is 11.4 Å². The molecule has 1 aromatic carbocycles. The highest BCUT2D eigenvalue weighted by atomic mass is 32.1. The van der Waals surface area contributed by atoms with E-state index in [4.69, 9.17) is 0 Å². The summed E-state index contributed by atoms with van der Waals surface area (Å²) in [5.41, 5.74) is 1.07. The lowest BCUT2D eigenvalue weighted by molar-refractivity contribution is -0.145. The van der Waals surface area contributed by atoms with Gasteiger partial charge in [-0.1, -0.05) is 30.3 Å². The lowest BCUT2D eigenvalue weighted by atomic mass is 9.79. The Bertz CT molecular complexity index is 613. The Balaban J connectivity index is 2.06. The number of aromatic nitrogens is 1. The molecule has 0 fully saturated rings. The van der Waals surface area contributed by atoms with Crippen molar-refractivity contribution in [2.75, 3.05) is 0 Å². The van der Waals surface area contributed by atoms with Gasteiger partial charge in [0, 0.05) is 17.5 Å². The molecular weight excluding hydrogens is 288 g/mol. The van der Waals surface area contributed by atoms with Gasteiger partial charge in [0.2, 0.25) is 5.91 Å². The van der Waals surface area contributed by atoms with Gasteiger partial charge in [0.05, 0.1) is 17.5 Å². The maximum absolute atomic E-state index is 12.0. The summed E-state index contributed by atoms with van der Waals surface area (Å²) in [6, 6.07) is 8.81. The number of nitrogens with zero attached hydrogens (tertiary/aromatic N) is 1. The molecule has 0 radical (unpaired) electrons. The summed E-state index contributed by atoms with van der Waals surface area (Å²) >= 11 is 1.44. The number of amides is 1. The summed E-state index contributed by atoms with van der Waals surface area (Å²) in [5, 5.41) is 12.2. The van der Waals surface area contributed by atoms with Gasteiger partial charge >= 0.3 is 5.97 Å². The van der Waals surface area contributed by atoms with E-state index in [1.165, 1.54) is 11.3 Å². The minimum atomic E-state index is -1.24. The lowest BCUT2D eigenvalue weighted by Gasteiger charge is -2.24. The van der Waals surface area contributed by atoms with Crippen molar-refractivity contribution in [3.63, 3.8) is 0 Å². The number of hydrogen-bond acceptors (Lipinski definition) is 4. The summed E-state index contributed by atoms with van der Waals surface area (Å²) < 4.78 is 0. The van der Waals surface area contributed by atoms with Gasteiger partial charge in [-0.3, -0.25) is 14.6 Å². The molecule has 0 spiro atoms. The minimum absolute atomic E-state index is 0.106. The first kappa shape index (κ1) is 15.2. The van der Waals surface area contributed by atoms with Crippen molar-refractivity contribution in [3.05, 3.63) is 52.5 Å². The van der Waals surface area contributed by atoms with Gasteiger partial charge in [0.1, 0.15) is 0 Å². The number of carboxylic acid groups (broad SMARTS) is 1. The predicted molar refractivity (Wildman–Crippen MR) is 80.0 cm³/mol.